The van der Waals surface area contributed by atoms with Crippen molar-refractivity contribution < 1.29 is 9.18 Å². The van der Waals surface area contributed by atoms with Crippen LogP contribution < -0.4 is 16.0 Å². The van der Waals surface area contributed by atoms with Crippen LogP contribution in [0.4, 0.5) is 14.9 Å². The van der Waals surface area contributed by atoms with Crippen LogP contribution in [0.1, 0.15) is 12.8 Å². The highest BCUT2D eigenvalue weighted by atomic mass is 19.1. The van der Waals surface area contributed by atoms with Gasteiger partial charge in [-0.15, -0.1) is 0 Å². The number of benzene rings is 1. The van der Waals surface area contributed by atoms with Crippen molar-refractivity contribution in [1.29, 1.82) is 0 Å². The molecule has 5 heteroatoms. The first-order valence-corrected chi connectivity index (χ1v) is 6.26. The van der Waals surface area contributed by atoms with E-state index in [1.807, 2.05) is 0 Å². The van der Waals surface area contributed by atoms with E-state index in [2.05, 4.69) is 16.0 Å². The molecule has 0 bridgehead atoms. The highest BCUT2D eigenvalue weighted by molar-refractivity contribution is 5.89. The Labute approximate surface area is 106 Å². The lowest BCUT2D eigenvalue weighted by molar-refractivity contribution is 0.251. The van der Waals surface area contributed by atoms with Crippen LogP contribution in [0.25, 0.3) is 0 Å². The zero-order chi connectivity index (χ0) is 12.8. The van der Waals surface area contributed by atoms with Gasteiger partial charge in [0.1, 0.15) is 5.82 Å². The van der Waals surface area contributed by atoms with E-state index < -0.39 is 5.82 Å². The normalized spacial score (nSPS) is 18.6. The first kappa shape index (κ1) is 12.8. The van der Waals surface area contributed by atoms with E-state index in [-0.39, 0.29) is 11.7 Å². The van der Waals surface area contributed by atoms with Crippen molar-refractivity contribution in [2.24, 2.45) is 5.92 Å². The Balaban J connectivity index is 1.70. The fraction of sp³-hybridized carbons (Fsp3) is 0.462. The zero-order valence-electron chi connectivity index (χ0n) is 10.2. The second-order valence-electron chi connectivity index (χ2n) is 4.51. The van der Waals surface area contributed by atoms with Crippen molar-refractivity contribution >= 4 is 11.7 Å². The number of hydrogen-bond donors (Lipinski definition) is 3. The fourth-order valence-corrected chi connectivity index (χ4v) is 2.08. The van der Waals surface area contributed by atoms with Crippen LogP contribution in [0.2, 0.25) is 0 Å². The van der Waals surface area contributed by atoms with Gasteiger partial charge in [-0.3, -0.25) is 0 Å². The molecule has 18 heavy (non-hydrogen) atoms. The van der Waals surface area contributed by atoms with Crippen molar-refractivity contribution in [2.75, 3.05) is 25.0 Å². The van der Waals surface area contributed by atoms with Crippen LogP contribution in [0.3, 0.4) is 0 Å². The molecule has 1 aliphatic rings. The molecular formula is C13H18FN3O. The maximum atomic E-state index is 13.3. The summed E-state index contributed by atoms with van der Waals surface area (Å²) in [5.74, 6) is 0.214. The number of anilines is 1. The minimum absolute atomic E-state index is 0.206. The average Bonchev–Trinajstić information content (AvgIpc) is 2.85. The third-order valence-corrected chi connectivity index (χ3v) is 3.12. The predicted molar refractivity (Wildman–Crippen MR) is 69.0 cm³/mol. The molecule has 0 aliphatic carbocycles. The molecule has 1 atom stereocenters. The molecule has 2 rings (SSSR count). The highest BCUT2D eigenvalue weighted by Crippen LogP contribution is 2.12. The molecule has 0 aromatic heterocycles. The van der Waals surface area contributed by atoms with Crippen molar-refractivity contribution in [1.82, 2.24) is 10.6 Å². The summed E-state index contributed by atoms with van der Waals surface area (Å²) in [5, 5.41) is 8.52. The second kappa shape index (κ2) is 6.35. The average molecular weight is 251 g/mol. The Morgan fingerprint density at radius 2 is 2.28 bits per heavy atom. The Hall–Kier alpha value is -1.62. The molecule has 1 heterocycles. The largest absolute Gasteiger partial charge is 0.338 e. The van der Waals surface area contributed by atoms with Crippen molar-refractivity contribution in [3.05, 3.63) is 30.1 Å². The minimum atomic E-state index is -0.423. The molecule has 0 saturated carbocycles. The van der Waals surface area contributed by atoms with E-state index in [9.17, 15) is 9.18 Å². The molecular weight excluding hydrogens is 233 g/mol. The summed E-state index contributed by atoms with van der Waals surface area (Å²) in [6.45, 7) is 2.70. The first-order chi connectivity index (χ1) is 8.75. The van der Waals surface area contributed by atoms with Gasteiger partial charge in [-0.25, -0.2) is 9.18 Å². The standard InChI is InChI=1S/C13H18FN3O/c14-11-3-1-2-4-12(11)17-13(18)16-8-6-10-5-7-15-9-10/h1-4,10,15H,5-9H2,(H2,16,17,18). The number of hydrogen-bond acceptors (Lipinski definition) is 2. The number of rotatable bonds is 4. The fourth-order valence-electron chi connectivity index (χ4n) is 2.08. The van der Waals surface area contributed by atoms with Crippen molar-refractivity contribution in [3.63, 3.8) is 0 Å². The maximum Gasteiger partial charge on any atom is 0.319 e. The van der Waals surface area contributed by atoms with Crippen LogP contribution in [0, 0.1) is 11.7 Å². The maximum absolute atomic E-state index is 13.3. The van der Waals surface area contributed by atoms with E-state index in [4.69, 9.17) is 0 Å². The lowest BCUT2D eigenvalue weighted by Gasteiger charge is -2.10. The van der Waals surface area contributed by atoms with Crippen LogP contribution in [-0.2, 0) is 0 Å². The number of amides is 2. The second-order valence-corrected chi connectivity index (χ2v) is 4.51. The highest BCUT2D eigenvalue weighted by Gasteiger charge is 2.14. The molecule has 0 radical (unpaired) electrons. The third-order valence-electron chi connectivity index (χ3n) is 3.12. The van der Waals surface area contributed by atoms with Crippen LogP contribution >= 0.6 is 0 Å². The van der Waals surface area contributed by atoms with Gasteiger partial charge in [-0.1, -0.05) is 12.1 Å². The number of halogens is 1. The summed E-state index contributed by atoms with van der Waals surface area (Å²) in [4.78, 5) is 11.5. The molecule has 4 nitrogen and oxygen atoms in total. The summed E-state index contributed by atoms with van der Waals surface area (Å²) in [6.07, 6.45) is 2.12. The molecule has 1 fully saturated rings. The number of carbonyl (C=O) groups is 1. The quantitative estimate of drug-likeness (QED) is 0.766. The first-order valence-electron chi connectivity index (χ1n) is 6.26. The molecule has 1 aromatic carbocycles. The molecule has 1 aromatic rings. The summed E-state index contributed by atoms with van der Waals surface area (Å²) in [7, 11) is 0. The lowest BCUT2D eigenvalue weighted by Crippen LogP contribution is -2.31. The Bertz CT molecular complexity index is 405. The molecule has 2 amide bonds. The van der Waals surface area contributed by atoms with Gasteiger partial charge in [0.2, 0.25) is 0 Å². The van der Waals surface area contributed by atoms with Gasteiger partial charge in [0.05, 0.1) is 5.69 Å². The predicted octanol–water partition coefficient (Wildman–Crippen LogP) is 1.95. The smallest absolute Gasteiger partial charge is 0.319 e. The van der Waals surface area contributed by atoms with Crippen molar-refractivity contribution in [2.45, 2.75) is 12.8 Å². The summed E-state index contributed by atoms with van der Waals surface area (Å²) in [5.41, 5.74) is 0.206. The third kappa shape index (κ3) is 3.70. The lowest BCUT2D eigenvalue weighted by atomic mass is 10.1. The Morgan fingerprint density at radius 3 is 3.00 bits per heavy atom. The Kier molecular flexibility index (Phi) is 4.52. The van der Waals surface area contributed by atoms with E-state index in [0.717, 1.165) is 25.9 Å². The van der Waals surface area contributed by atoms with Gasteiger partial charge in [-0.05, 0) is 44.0 Å². The van der Waals surface area contributed by atoms with E-state index in [0.29, 0.717) is 12.5 Å². The van der Waals surface area contributed by atoms with E-state index >= 15 is 0 Å². The molecule has 0 spiro atoms. The van der Waals surface area contributed by atoms with E-state index in [1.165, 1.54) is 12.1 Å². The summed E-state index contributed by atoms with van der Waals surface area (Å²) in [6, 6.07) is 5.77. The van der Waals surface area contributed by atoms with Crippen LogP contribution in [0.15, 0.2) is 24.3 Å². The number of nitrogens with one attached hydrogen (secondary N) is 3. The number of urea groups is 1. The van der Waals surface area contributed by atoms with Crippen molar-refractivity contribution in [3.8, 4) is 0 Å². The topological polar surface area (TPSA) is 53.2 Å². The number of para-hydroxylation sites is 1. The van der Waals surface area contributed by atoms with Gasteiger partial charge >= 0.3 is 6.03 Å². The number of carbonyl (C=O) groups excluding carboxylic acids is 1. The molecule has 1 saturated heterocycles. The zero-order valence-corrected chi connectivity index (χ0v) is 10.2. The molecule has 1 aliphatic heterocycles. The molecule has 1 unspecified atom stereocenters. The van der Waals surface area contributed by atoms with E-state index in [1.54, 1.807) is 12.1 Å². The summed E-state index contributed by atoms with van der Waals surface area (Å²) < 4.78 is 13.3. The van der Waals surface area contributed by atoms with Crippen LogP contribution in [-0.4, -0.2) is 25.7 Å². The van der Waals surface area contributed by atoms with Crippen LogP contribution in [0.5, 0.6) is 0 Å². The van der Waals surface area contributed by atoms with Gasteiger partial charge in [0, 0.05) is 6.54 Å². The van der Waals surface area contributed by atoms with Gasteiger partial charge in [-0.2, -0.15) is 0 Å². The SMILES string of the molecule is O=C(NCCC1CCNC1)Nc1ccccc1F. The van der Waals surface area contributed by atoms with Gasteiger partial charge in [0.15, 0.2) is 0 Å². The molecule has 98 valence electrons. The monoisotopic (exact) mass is 251 g/mol. The molecule has 3 N–H and O–H groups in total. The van der Waals surface area contributed by atoms with Gasteiger partial charge in [0.25, 0.3) is 0 Å². The minimum Gasteiger partial charge on any atom is -0.338 e. The van der Waals surface area contributed by atoms with Gasteiger partial charge < -0.3 is 16.0 Å². The Morgan fingerprint density at radius 1 is 1.44 bits per heavy atom. The summed E-state index contributed by atoms with van der Waals surface area (Å²) >= 11 is 0.